The van der Waals surface area contributed by atoms with E-state index in [0.717, 1.165) is 0 Å². The first kappa shape index (κ1) is 34.2. The van der Waals surface area contributed by atoms with Crippen LogP contribution in [0.5, 0.6) is 0 Å². The minimum absolute atomic E-state index is 0. The van der Waals surface area contributed by atoms with Crippen LogP contribution in [0.3, 0.4) is 0 Å². The molecule has 0 bridgehead atoms. The van der Waals surface area contributed by atoms with Crippen molar-refractivity contribution in [3.63, 3.8) is 0 Å². The van der Waals surface area contributed by atoms with E-state index in [2.05, 4.69) is 0 Å². The van der Waals surface area contributed by atoms with Gasteiger partial charge < -0.3 is 0 Å². The van der Waals surface area contributed by atoms with Gasteiger partial charge in [-0.2, -0.15) is 0 Å². The summed E-state index contributed by atoms with van der Waals surface area (Å²) in [5.41, 5.74) is 0. The molecule has 28 valence electrons. The van der Waals surface area contributed by atoms with Crippen LogP contribution in [-0.2, 0) is 81.9 Å². The van der Waals surface area contributed by atoms with Gasteiger partial charge in [0.25, 0.3) is 0 Å². The maximum absolute atomic E-state index is 0. The van der Waals surface area contributed by atoms with Crippen molar-refractivity contribution in [1.29, 1.82) is 0 Å². The van der Waals surface area contributed by atoms with Gasteiger partial charge >= 0.3 is 131 Å². The van der Waals surface area contributed by atoms with Crippen molar-refractivity contribution in [2.75, 3.05) is 0 Å². The Labute approximate surface area is 127 Å². The molecular formula is H12Cd3Sb2. The molecule has 5 heavy (non-hydrogen) atoms. The third kappa shape index (κ3) is 17.8. The van der Waals surface area contributed by atoms with E-state index in [1.807, 2.05) is 0 Å². The van der Waals surface area contributed by atoms with E-state index < -0.39 is 0 Å². The fourth-order valence-corrected chi connectivity index (χ4v) is 0. The zero-order valence-corrected chi connectivity index (χ0v) is 14.2. The van der Waals surface area contributed by atoms with Gasteiger partial charge in [-0.3, -0.25) is 0 Å². The van der Waals surface area contributed by atoms with Gasteiger partial charge in [0, 0.05) is 0 Å². The molecule has 0 aliphatic rings. The quantitative estimate of drug-likeness (QED) is 0.252. The van der Waals surface area contributed by atoms with Crippen LogP contribution in [0.4, 0.5) is 0 Å². The van der Waals surface area contributed by atoms with Crippen LogP contribution in [0.25, 0.3) is 0 Å². The average Bonchev–Trinajstić information content (AvgIpc) is 0. The number of hydrogen-bond donors (Lipinski definition) is 0. The molecule has 0 spiro atoms. The predicted octanol–water partition coefficient (Wildman–Crippen LogP) is -3.98. The van der Waals surface area contributed by atoms with Gasteiger partial charge in [0.15, 0.2) is 0 Å². The molecule has 0 radical (unpaired) electrons. The van der Waals surface area contributed by atoms with Crippen LogP contribution >= 0.6 is 0 Å². The molecule has 0 saturated carbocycles. The zero-order chi connectivity index (χ0) is 0. The van der Waals surface area contributed by atoms with E-state index in [1.54, 1.807) is 0 Å². The predicted molar refractivity (Wildman–Crippen MR) is 28.2 cm³/mol. The van der Waals surface area contributed by atoms with Gasteiger partial charge in [-0.25, -0.2) is 0 Å². The van der Waals surface area contributed by atoms with Crippen molar-refractivity contribution in [1.82, 2.24) is 0 Å². The molecule has 0 aromatic rings. The van der Waals surface area contributed by atoms with Crippen molar-refractivity contribution in [3.8, 4) is 0 Å². The van der Waals surface area contributed by atoms with E-state index >= 15 is 0 Å². The Balaban J connectivity index is 0. The van der Waals surface area contributed by atoms with Gasteiger partial charge in [-0.15, -0.1) is 0 Å². The molecule has 0 fully saturated rings. The van der Waals surface area contributed by atoms with Gasteiger partial charge in [-0.1, -0.05) is 0 Å². The van der Waals surface area contributed by atoms with Gasteiger partial charge in [0.05, 0.1) is 0 Å². The summed E-state index contributed by atoms with van der Waals surface area (Å²) < 4.78 is 0. The van der Waals surface area contributed by atoms with Gasteiger partial charge in [0.2, 0.25) is 0 Å². The molecule has 0 N–H and O–H groups in total. The molecule has 0 saturated heterocycles. The number of hydrogen-bond acceptors (Lipinski definition) is 0. The Bertz CT molecular complexity index is 4.85. The van der Waals surface area contributed by atoms with E-state index in [-0.39, 0.29) is 131 Å². The molecule has 0 atom stereocenters. The molecular weight excluding hydrogens is 581 g/mol. The SMILES string of the molecule is [Cd+2].[Cd+2].[Cd+2].[SbH6-3].[SbH6-3]. The molecule has 0 nitrogen and oxygen atoms in total. The molecule has 0 amide bonds. The van der Waals surface area contributed by atoms with E-state index in [0.29, 0.717) is 0 Å². The van der Waals surface area contributed by atoms with Crippen molar-refractivity contribution < 1.29 is 81.9 Å². The second-order valence-corrected chi connectivity index (χ2v) is 0. The Morgan fingerprint density at radius 1 is 0.400 bits per heavy atom. The maximum atomic E-state index is 0. The second-order valence-electron chi connectivity index (χ2n) is 0. The van der Waals surface area contributed by atoms with Crippen LogP contribution in [0.15, 0.2) is 0 Å². The summed E-state index contributed by atoms with van der Waals surface area (Å²) in [6, 6.07) is 0. The molecule has 0 rings (SSSR count). The fraction of sp³-hybridized carbons (Fsp3) is 0. The topological polar surface area (TPSA) is 0 Å². The summed E-state index contributed by atoms with van der Waals surface area (Å²) in [5.74, 6) is 0. The van der Waals surface area contributed by atoms with Crippen LogP contribution in [0.1, 0.15) is 0 Å². The van der Waals surface area contributed by atoms with Gasteiger partial charge in [0.1, 0.15) is 0 Å². The van der Waals surface area contributed by atoms with Crippen molar-refractivity contribution in [3.05, 3.63) is 0 Å². The minimum atomic E-state index is 0. The van der Waals surface area contributed by atoms with Crippen LogP contribution in [-0.4, -0.2) is 48.9 Å². The van der Waals surface area contributed by atoms with E-state index in [4.69, 9.17) is 0 Å². The third-order valence-corrected chi connectivity index (χ3v) is 0. The zero-order valence-electron chi connectivity index (χ0n) is 2.12. The Hall–Kier alpha value is 4.40. The molecule has 5 heteroatoms. The van der Waals surface area contributed by atoms with Crippen LogP contribution < -0.4 is 0 Å². The number of rotatable bonds is 0. The van der Waals surface area contributed by atoms with Gasteiger partial charge in [-0.05, 0) is 0 Å². The molecule has 0 aromatic carbocycles. The van der Waals surface area contributed by atoms with Crippen LogP contribution in [0.2, 0.25) is 0 Å². The van der Waals surface area contributed by atoms with E-state index in [1.165, 1.54) is 0 Å². The summed E-state index contributed by atoms with van der Waals surface area (Å²) >= 11 is 0. The Kier molecular flexibility index (Phi) is 163. The third-order valence-electron chi connectivity index (χ3n) is 0. The summed E-state index contributed by atoms with van der Waals surface area (Å²) in [4.78, 5) is 0. The first-order valence-corrected chi connectivity index (χ1v) is 0. The first-order valence-electron chi connectivity index (χ1n) is 0. The summed E-state index contributed by atoms with van der Waals surface area (Å²) in [6.07, 6.45) is 0. The Morgan fingerprint density at radius 3 is 0.400 bits per heavy atom. The average molecular weight is 593 g/mol. The molecule has 0 heterocycles. The summed E-state index contributed by atoms with van der Waals surface area (Å²) in [6.45, 7) is 0. The van der Waals surface area contributed by atoms with Crippen molar-refractivity contribution >= 4 is 48.9 Å². The molecule has 0 aromatic heterocycles. The Morgan fingerprint density at radius 2 is 0.400 bits per heavy atom. The standard InChI is InChI=1S/3Cd.2Sb.12H/q3*+2;2*-3;;;;;;;;;;;;. The second kappa shape index (κ2) is 23.8. The molecule has 0 aliphatic heterocycles. The summed E-state index contributed by atoms with van der Waals surface area (Å²) in [5, 5.41) is 0. The monoisotopic (exact) mass is 596 g/mol. The molecule has 0 aliphatic carbocycles. The summed E-state index contributed by atoms with van der Waals surface area (Å²) in [7, 11) is 0. The first-order chi connectivity index (χ1) is 0. The van der Waals surface area contributed by atoms with Crippen LogP contribution in [0, 0.1) is 0 Å². The van der Waals surface area contributed by atoms with E-state index in [9.17, 15) is 0 Å². The van der Waals surface area contributed by atoms with Crippen molar-refractivity contribution in [2.45, 2.75) is 0 Å². The van der Waals surface area contributed by atoms with Crippen molar-refractivity contribution in [2.24, 2.45) is 0 Å². The normalized spacial score (nSPS) is 0. The molecule has 0 unspecified atom stereocenters. The fourth-order valence-electron chi connectivity index (χ4n) is 0.